The van der Waals surface area contributed by atoms with Gasteiger partial charge in [0.25, 0.3) is 0 Å². The SMILES string of the molecule is CC(C(=O)NC1CCCC1)N1CCN(C(=O)CCCOc2ccc(Cl)cc2Cl)CC1. The number of amides is 2. The minimum Gasteiger partial charge on any atom is -0.492 e. The Kier molecular flexibility index (Phi) is 8.66. The van der Waals surface area contributed by atoms with Gasteiger partial charge in [-0.2, -0.15) is 0 Å². The van der Waals surface area contributed by atoms with Crippen molar-refractivity contribution in [1.29, 1.82) is 0 Å². The number of nitrogens with one attached hydrogen (secondary N) is 1. The Balaban J connectivity index is 1.33. The Labute approximate surface area is 188 Å². The molecule has 3 rings (SSSR count). The number of rotatable bonds is 8. The smallest absolute Gasteiger partial charge is 0.237 e. The minimum atomic E-state index is -0.152. The normalized spacial score (nSPS) is 19.0. The molecule has 2 fully saturated rings. The van der Waals surface area contributed by atoms with Crippen LogP contribution < -0.4 is 10.1 Å². The van der Waals surface area contributed by atoms with Crippen LogP contribution in [0.25, 0.3) is 0 Å². The zero-order valence-electron chi connectivity index (χ0n) is 17.5. The van der Waals surface area contributed by atoms with Crippen LogP contribution in [0.4, 0.5) is 0 Å². The molecule has 1 saturated carbocycles. The summed E-state index contributed by atoms with van der Waals surface area (Å²) in [6, 6.07) is 5.28. The molecule has 0 aromatic heterocycles. The molecular formula is C22H31Cl2N3O3. The molecule has 0 radical (unpaired) electrons. The summed E-state index contributed by atoms with van der Waals surface area (Å²) >= 11 is 12.0. The van der Waals surface area contributed by atoms with Crippen molar-refractivity contribution in [2.45, 2.75) is 57.5 Å². The summed E-state index contributed by atoms with van der Waals surface area (Å²) in [7, 11) is 0. The van der Waals surface area contributed by atoms with Gasteiger partial charge in [-0.15, -0.1) is 0 Å². The van der Waals surface area contributed by atoms with Crippen molar-refractivity contribution in [3.05, 3.63) is 28.2 Å². The van der Waals surface area contributed by atoms with E-state index < -0.39 is 0 Å². The van der Waals surface area contributed by atoms with Crippen molar-refractivity contribution < 1.29 is 14.3 Å². The minimum absolute atomic E-state index is 0.111. The van der Waals surface area contributed by atoms with Crippen LogP contribution in [0.1, 0.15) is 45.4 Å². The molecule has 1 heterocycles. The Bertz CT molecular complexity index is 732. The van der Waals surface area contributed by atoms with Gasteiger partial charge in [0.05, 0.1) is 17.7 Å². The number of halogens is 2. The van der Waals surface area contributed by atoms with Gasteiger partial charge in [-0.1, -0.05) is 36.0 Å². The highest BCUT2D eigenvalue weighted by molar-refractivity contribution is 6.35. The van der Waals surface area contributed by atoms with E-state index in [0.717, 1.165) is 25.9 Å². The molecule has 6 nitrogen and oxygen atoms in total. The third kappa shape index (κ3) is 6.50. The molecule has 1 aromatic rings. The molecular weight excluding hydrogens is 425 g/mol. The molecule has 8 heteroatoms. The van der Waals surface area contributed by atoms with Crippen LogP contribution in [0.15, 0.2) is 18.2 Å². The number of hydrogen-bond acceptors (Lipinski definition) is 4. The van der Waals surface area contributed by atoms with E-state index in [1.54, 1.807) is 18.2 Å². The lowest BCUT2D eigenvalue weighted by molar-refractivity contribution is -0.134. The van der Waals surface area contributed by atoms with Crippen molar-refractivity contribution in [2.24, 2.45) is 0 Å². The highest BCUT2D eigenvalue weighted by Crippen LogP contribution is 2.27. The second kappa shape index (κ2) is 11.2. The first kappa shape index (κ1) is 23.2. The van der Waals surface area contributed by atoms with Crippen LogP contribution in [0.5, 0.6) is 5.75 Å². The molecule has 166 valence electrons. The zero-order valence-corrected chi connectivity index (χ0v) is 19.1. The number of ether oxygens (including phenoxy) is 1. The number of benzene rings is 1. The maximum Gasteiger partial charge on any atom is 0.237 e. The van der Waals surface area contributed by atoms with Crippen molar-refractivity contribution in [3.8, 4) is 5.75 Å². The van der Waals surface area contributed by atoms with Crippen molar-refractivity contribution >= 4 is 35.0 Å². The molecule has 30 heavy (non-hydrogen) atoms. The first-order valence-electron chi connectivity index (χ1n) is 10.8. The topological polar surface area (TPSA) is 61.9 Å². The molecule has 1 N–H and O–H groups in total. The number of carbonyl (C=O) groups is 2. The van der Waals surface area contributed by atoms with Gasteiger partial charge >= 0.3 is 0 Å². The molecule has 1 aliphatic carbocycles. The Morgan fingerprint density at radius 3 is 2.53 bits per heavy atom. The lowest BCUT2D eigenvalue weighted by Crippen LogP contribution is -2.55. The van der Waals surface area contributed by atoms with E-state index in [4.69, 9.17) is 27.9 Å². The Morgan fingerprint density at radius 2 is 1.87 bits per heavy atom. The van der Waals surface area contributed by atoms with Gasteiger partial charge in [0, 0.05) is 43.7 Å². The van der Waals surface area contributed by atoms with Crippen LogP contribution in [0, 0.1) is 0 Å². The van der Waals surface area contributed by atoms with Crippen LogP contribution in [-0.2, 0) is 9.59 Å². The monoisotopic (exact) mass is 455 g/mol. The highest BCUT2D eigenvalue weighted by atomic mass is 35.5. The first-order valence-corrected chi connectivity index (χ1v) is 11.6. The molecule has 1 unspecified atom stereocenters. The van der Waals surface area contributed by atoms with Gasteiger partial charge in [-0.05, 0) is 44.4 Å². The summed E-state index contributed by atoms with van der Waals surface area (Å²) in [5, 5.41) is 4.20. The van der Waals surface area contributed by atoms with Crippen LogP contribution in [0.3, 0.4) is 0 Å². The van der Waals surface area contributed by atoms with E-state index in [1.807, 2.05) is 11.8 Å². The second-order valence-corrected chi connectivity index (χ2v) is 8.95. The lowest BCUT2D eigenvalue weighted by Gasteiger charge is -2.37. The molecule has 1 aliphatic heterocycles. The Hall–Kier alpha value is -1.50. The second-order valence-electron chi connectivity index (χ2n) is 8.11. The van der Waals surface area contributed by atoms with E-state index in [1.165, 1.54) is 12.8 Å². The maximum atomic E-state index is 12.5. The maximum absolute atomic E-state index is 12.5. The van der Waals surface area contributed by atoms with E-state index in [0.29, 0.717) is 54.4 Å². The lowest BCUT2D eigenvalue weighted by atomic mass is 10.1. The third-order valence-corrected chi connectivity index (χ3v) is 6.51. The van der Waals surface area contributed by atoms with Crippen molar-refractivity contribution in [3.63, 3.8) is 0 Å². The standard InChI is InChI=1S/C22H31Cl2N3O3/c1-16(22(29)25-18-5-2-3-6-18)26-10-12-27(13-11-26)21(28)7-4-14-30-20-9-8-17(23)15-19(20)24/h8-9,15-16,18H,2-7,10-14H2,1H3,(H,25,29). The zero-order chi connectivity index (χ0) is 21.5. The molecule has 2 aliphatic rings. The summed E-state index contributed by atoms with van der Waals surface area (Å²) in [5.41, 5.74) is 0. The van der Waals surface area contributed by atoms with Crippen molar-refractivity contribution in [1.82, 2.24) is 15.1 Å². The molecule has 1 saturated heterocycles. The van der Waals surface area contributed by atoms with Gasteiger partial charge in [0.15, 0.2) is 0 Å². The van der Waals surface area contributed by atoms with E-state index in [9.17, 15) is 9.59 Å². The molecule has 1 atom stereocenters. The third-order valence-electron chi connectivity index (χ3n) is 5.98. The van der Waals surface area contributed by atoms with Gasteiger partial charge in [0.2, 0.25) is 11.8 Å². The fourth-order valence-electron chi connectivity index (χ4n) is 4.07. The summed E-state index contributed by atoms with van der Waals surface area (Å²) < 4.78 is 5.64. The van der Waals surface area contributed by atoms with Gasteiger partial charge in [-0.25, -0.2) is 0 Å². The van der Waals surface area contributed by atoms with Crippen LogP contribution >= 0.6 is 23.2 Å². The average Bonchev–Trinajstić information content (AvgIpc) is 3.25. The number of nitrogens with zero attached hydrogens (tertiary/aromatic N) is 2. The summed E-state index contributed by atoms with van der Waals surface area (Å²) in [6.45, 7) is 5.14. The molecule has 2 amide bonds. The van der Waals surface area contributed by atoms with E-state index >= 15 is 0 Å². The van der Waals surface area contributed by atoms with E-state index in [2.05, 4.69) is 10.2 Å². The van der Waals surface area contributed by atoms with Gasteiger partial charge < -0.3 is 15.0 Å². The van der Waals surface area contributed by atoms with Gasteiger partial charge in [-0.3, -0.25) is 14.5 Å². The quantitative estimate of drug-likeness (QED) is 0.606. The predicted molar refractivity (Wildman–Crippen MR) is 119 cm³/mol. The summed E-state index contributed by atoms with van der Waals surface area (Å²) in [4.78, 5) is 29.0. The number of carbonyl (C=O) groups excluding carboxylic acids is 2. The van der Waals surface area contributed by atoms with E-state index in [-0.39, 0.29) is 17.9 Å². The Morgan fingerprint density at radius 1 is 1.17 bits per heavy atom. The highest BCUT2D eigenvalue weighted by Gasteiger charge is 2.28. The number of piperazine rings is 1. The molecule has 0 bridgehead atoms. The van der Waals surface area contributed by atoms with Gasteiger partial charge in [0.1, 0.15) is 5.75 Å². The van der Waals surface area contributed by atoms with Crippen LogP contribution in [0.2, 0.25) is 10.0 Å². The fraction of sp³-hybridized carbons (Fsp3) is 0.636. The summed E-state index contributed by atoms with van der Waals surface area (Å²) in [5.74, 6) is 0.815. The molecule has 1 aromatic carbocycles. The van der Waals surface area contributed by atoms with Crippen LogP contribution in [-0.4, -0.2) is 66.5 Å². The fourth-order valence-corrected chi connectivity index (χ4v) is 4.54. The predicted octanol–water partition coefficient (Wildman–Crippen LogP) is 3.74. The average molecular weight is 456 g/mol. The molecule has 0 spiro atoms. The van der Waals surface area contributed by atoms with Crippen molar-refractivity contribution in [2.75, 3.05) is 32.8 Å². The summed E-state index contributed by atoms with van der Waals surface area (Å²) in [6.07, 6.45) is 5.65. The largest absolute Gasteiger partial charge is 0.492 e. The first-order chi connectivity index (χ1) is 14.4. The number of hydrogen-bond donors (Lipinski definition) is 1.